The van der Waals surface area contributed by atoms with E-state index in [1.165, 1.54) is 70.7 Å². The van der Waals surface area contributed by atoms with E-state index in [2.05, 4.69) is 17.1 Å². The van der Waals surface area contributed by atoms with E-state index in [-0.39, 0.29) is 12.0 Å². The molecule has 1 unspecified atom stereocenters. The highest BCUT2D eigenvalue weighted by Crippen LogP contribution is 2.31. The highest BCUT2D eigenvalue weighted by molar-refractivity contribution is 5.90. The van der Waals surface area contributed by atoms with Crippen LogP contribution in [0.3, 0.4) is 0 Å². The van der Waals surface area contributed by atoms with Gasteiger partial charge in [0.1, 0.15) is 0 Å². The minimum atomic E-state index is -1.08. The number of hydrogen-bond donors (Lipinski definition) is 3. The minimum absolute atomic E-state index is 0.0359. The Morgan fingerprint density at radius 1 is 1.30 bits per heavy atom. The molecule has 130 valence electrons. The van der Waals surface area contributed by atoms with E-state index in [0.717, 1.165) is 0 Å². The Labute approximate surface area is 137 Å². The third-order valence-electron chi connectivity index (χ3n) is 4.12. The lowest BCUT2D eigenvalue weighted by molar-refractivity contribution is -0.145. The van der Waals surface area contributed by atoms with Crippen LogP contribution in [0.15, 0.2) is 23.8 Å². The Bertz CT molecular complexity index is 467. The highest BCUT2D eigenvalue weighted by Gasteiger charge is 2.34. The standard InChI is InChI=1S/C9H10O4.C8H18N2/c1-9(8(12)13)4-2-3-6(5-9)7(10)11;1-2-3-6-10-7-4-9-5-8-10/h2-4H,5H2,1H3,(H,10,11)(H,12,13);9H,2-8H2,1H3. The number of carboxylic acid groups (broad SMARTS) is 2. The van der Waals surface area contributed by atoms with E-state index in [9.17, 15) is 9.59 Å². The van der Waals surface area contributed by atoms with Crippen molar-refractivity contribution >= 4 is 11.9 Å². The van der Waals surface area contributed by atoms with Gasteiger partial charge in [0.25, 0.3) is 0 Å². The molecule has 0 aromatic carbocycles. The molecule has 1 fully saturated rings. The van der Waals surface area contributed by atoms with E-state index in [1.54, 1.807) is 0 Å². The Kier molecular flexibility index (Phi) is 7.98. The number of allylic oxidation sites excluding steroid dienone is 2. The first-order valence-electron chi connectivity index (χ1n) is 8.17. The molecule has 0 aromatic rings. The third kappa shape index (κ3) is 6.54. The molecule has 3 N–H and O–H groups in total. The summed E-state index contributed by atoms with van der Waals surface area (Å²) in [6.07, 6.45) is 7.12. The molecule has 0 bridgehead atoms. The van der Waals surface area contributed by atoms with Crippen molar-refractivity contribution in [3.63, 3.8) is 0 Å². The largest absolute Gasteiger partial charge is 0.481 e. The predicted octanol–water partition coefficient (Wildman–Crippen LogP) is 1.74. The molecule has 2 aliphatic rings. The lowest BCUT2D eigenvalue weighted by Gasteiger charge is -2.26. The van der Waals surface area contributed by atoms with E-state index >= 15 is 0 Å². The molecule has 1 heterocycles. The number of carboxylic acids is 2. The van der Waals surface area contributed by atoms with Gasteiger partial charge >= 0.3 is 11.9 Å². The molecule has 0 saturated carbocycles. The Morgan fingerprint density at radius 3 is 2.48 bits per heavy atom. The maximum atomic E-state index is 10.8. The first-order valence-corrected chi connectivity index (χ1v) is 8.17. The fourth-order valence-corrected chi connectivity index (χ4v) is 2.50. The van der Waals surface area contributed by atoms with Crippen LogP contribution in [0.4, 0.5) is 0 Å². The summed E-state index contributed by atoms with van der Waals surface area (Å²) in [5.74, 6) is -2.06. The summed E-state index contributed by atoms with van der Waals surface area (Å²) in [5.41, 5.74) is -0.949. The number of nitrogens with zero attached hydrogens (tertiary/aromatic N) is 1. The van der Waals surface area contributed by atoms with E-state index < -0.39 is 17.4 Å². The highest BCUT2D eigenvalue weighted by atomic mass is 16.4. The summed E-state index contributed by atoms with van der Waals surface area (Å²) in [6.45, 7) is 9.93. The fraction of sp³-hybridized carbons (Fsp3) is 0.647. The number of nitrogens with one attached hydrogen (secondary N) is 1. The number of piperazine rings is 1. The molecule has 2 rings (SSSR count). The van der Waals surface area contributed by atoms with Crippen molar-refractivity contribution in [3.05, 3.63) is 23.8 Å². The van der Waals surface area contributed by atoms with Gasteiger partial charge in [-0.15, -0.1) is 0 Å². The quantitative estimate of drug-likeness (QED) is 0.714. The molecule has 6 nitrogen and oxygen atoms in total. The van der Waals surface area contributed by atoms with E-state index in [4.69, 9.17) is 10.2 Å². The maximum absolute atomic E-state index is 10.8. The molecular weight excluding hydrogens is 296 g/mol. The molecule has 0 radical (unpaired) electrons. The molecular formula is C17H28N2O4. The summed E-state index contributed by atoms with van der Waals surface area (Å²) in [5, 5.41) is 20.8. The van der Waals surface area contributed by atoms with Gasteiger partial charge in [-0.3, -0.25) is 4.79 Å². The van der Waals surface area contributed by atoms with Gasteiger partial charge in [0, 0.05) is 31.8 Å². The van der Waals surface area contributed by atoms with Gasteiger partial charge in [0.15, 0.2) is 0 Å². The molecule has 0 aromatic heterocycles. The summed E-state index contributed by atoms with van der Waals surface area (Å²) < 4.78 is 0. The van der Waals surface area contributed by atoms with Crippen molar-refractivity contribution in [2.45, 2.75) is 33.1 Å². The molecule has 6 heteroatoms. The monoisotopic (exact) mass is 324 g/mol. The van der Waals surface area contributed by atoms with Crippen LogP contribution >= 0.6 is 0 Å². The van der Waals surface area contributed by atoms with Gasteiger partial charge in [-0.2, -0.15) is 0 Å². The first kappa shape index (κ1) is 19.4. The van der Waals surface area contributed by atoms with E-state index in [0.29, 0.717) is 0 Å². The zero-order valence-electron chi connectivity index (χ0n) is 14.0. The van der Waals surface area contributed by atoms with Crippen LogP contribution in [0.1, 0.15) is 33.1 Å². The van der Waals surface area contributed by atoms with Crippen LogP contribution in [-0.4, -0.2) is 59.8 Å². The summed E-state index contributed by atoms with van der Waals surface area (Å²) >= 11 is 0. The molecule has 0 amide bonds. The van der Waals surface area contributed by atoms with E-state index in [1.807, 2.05) is 0 Å². The molecule has 0 spiro atoms. The second-order valence-electron chi connectivity index (χ2n) is 6.20. The Morgan fingerprint density at radius 2 is 1.96 bits per heavy atom. The average molecular weight is 324 g/mol. The van der Waals surface area contributed by atoms with Gasteiger partial charge < -0.3 is 20.4 Å². The Balaban J connectivity index is 0.000000238. The molecule has 1 atom stereocenters. The summed E-state index contributed by atoms with van der Waals surface area (Å²) in [4.78, 5) is 23.9. The van der Waals surface area contributed by atoms with Gasteiger partial charge in [-0.1, -0.05) is 31.6 Å². The van der Waals surface area contributed by atoms with Gasteiger partial charge in [-0.05, 0) is 26.3 Å². The number of rotatable bonds is 5. The molecule has 23 heavy (non-hydrogen) atoms. The summed E-state index contributed by atoms with van der Waals surface area (Å²) in [6, 6.07) is 0. The van der Waals surface area contributed by atoms with Crippen molar-refractivity contribution in [3.8, 4) is 0 Å². The van der Waals surface area contributed by atoms with Crippen molar-refractivity contribution in [2.75, 3.05) is 32.7 Å². The minimum Gasteiger partial charge on any atom is -0.481 e. The first-order chi connectivity index (χ1) is 10.9. The van der Waals surface area contributed by atoms with Gasteiger partial charge in [0.2, 0.25) is 0 Å². The fourth-order valence-electron chi connectivity index (χ4n) is 2.50. The second kappa shape index (κ2) is 9.47. The normalized spacial score (nSPS) is 24.3. The van der Waals surface area contributed by atoms with Crippen molar-refractivity contribution in [2.24, 2.45) is 5.41 Å². The van der Waals surface area contributed by atoms with Crippen molar-refractivity contribution in [1.82, 2.24) is 10.2 Å². The SMILES string of the molecule is CC1(C(=O)O)C=CC=C(C(=O)O)C1.CCCCN1CCNCC1. The lowest BCUT2D eigenvalue weighted by Crippen LogP contribution is -2.43. The molecule has 1 saturated heterocycles. The van der Waals surface area contributed by atoms with Crippen LogP contribution in [0.25, 0.3) is 0 Å². The zero-order chi connectivity index (χ0) is 17.3. The van der Waals surface area contributed by atoms with Gasteiger partial charge in [0.05, 0.1) is 5.41 Å². The second-order valence-corrected chi connectivity index (χ2v) is 6.20. The smallest absolute Gasteiger partial charge is 0.331 e. The number of aliphatic carboxylic acids is 2. The van der Waals surface area contributed by atoms with Crippen LogP contribution in [-0.2, 0) is 9.59 Å². The van der Waals surface area contributed by atoms with Crippen LogP contribution in [0.2, 0.25) is 0 Å². The Hall–Kier alpha value is -1.66. The van der Waals surface area contributed by atoms with Crippen LogP contribution in [0, 0.1) is 5.41 Å². The van der Waals surface area contributed by atoms with Crippen molar-refractivity contribution in [1.29, 1.82) is 0 Å². The molecule has 1 aliphatic carbocycles. The topological polar surface area (TPSA) is 89.9 Å². The summed E-state index contributed by atoms with van der Waals surface area (Å²) in [7, 11) is 0. The molecule has 1 aliphatic heterocycles. The number of carbonyl (C=O) groups is 2. The maximum Gasteiger partial charge on any atom is 0.331 e. The van der Waals surface area contributed by atoms with Crippen LogP contribution in [0.5, 0.6) is 0 Å². The van der Waals surface area contributed by atoms with Crippen LogP contribution < -0.4 is 5.32 Å². The number of hydrogen-bond acceptors (Lipinski definition) is 4. The zero-order valence-corrected chi connectivity index (χ0v) is 14.0. The third-order valence-corrected chi connectivity index (χ3v) is 4.12. The predicted molar refractivity (Wildman–Crippen MR) is 89.4 cm³/mol. The average Bonchev–Trinajstić information content (AvgIpc) is 2.54. The lowest BCUT2D eigenvalue weighted by atomic mass is 9.80. The number of unbranched alkanes of at least 4 members (excludes halogenated alkanes) is 1. The van der Waals surface area contributed by atoms with Gasteiger partial charge in [-0.25, -0.2) is 4.79 Å². The van der Waals surface area contributed by atoms with Crippen molar-refractivity contribution < 1.29 is 19.8 Å².